The maximum atomic E-state index is 13.0. The molecule has 0 radical (unpaired) electrons. The molecule has 0 unspecified atom stereocenters. The van der Waals surface area contributed by atoms with Crippen LogP contribution in [0, 0.1) is 5.82 Å². The third kappa shape index (κ3) is 4.22. The third-order valence-corrected chi connectivity index (χ3v) is 4.64. The molecule has 0 aliphatic carbocycles. The van der Waals surface area contributed by atoms with Gasteiger partial charge in [-0.15, -0.1) is 0 Å². The highest BCUT2D eigenvalue weighted by Gasteiger charge is 2.13. The first-order chi connectivity index (χ1) is 10.4. The van der Waals surface area contributed by atoms with E-state index in [1.165, 1.54) is 43.3 Å². The van der Waals surface area contributed by atoms with Gasteiger partial charge in [-0.05, 0) is 43.2 Å². The van der Waals surface area contributed by atoms with Gasteiger partial charge < -0.3 is 0 Å². The predicted molar refractivity (Wildman–Crippen MR) is 81.7 cm³/mol. The molecule has 0 amide bonds. The summed E-state index contributed by atoms with van der Waals surface area (Å²) in [6.07, 6.45) is 0.391. The molecule has 0 spiro atoms. The first-order valence-corrected chi connectivity index (χ1v) is 8.22. The molecular formula is C16H16FNO3S. The summed E-state index contributed by atoms with van der Waals surface area (Å²) in [7, 11) is -3.64. The van der Waals surface area contributed by atoms with Crippen LogP contribution in [0.1, 0.15) is 22.8 Å². The minimum absolute atomic E-state index is 0.0942. The van der Waals surface area contributed by atoms with Crippen LogP contribution >= 0.6 is 0 Å². The second-order valence-electron chi connectivity index (χ2n) is 4.86. The molecule has 4 nitrogen and oxygen atoms in total. The summed E-state index contributed by atoms with van der Waals surface area (Å²) in [5.74, 6) is -0.469. The molecule has 116 valence electrons. The van der Waals surface area contributed by atoms with Crippen molar-refractivity contribution in [2.75, 3.05) is 6.54 Å². The Labute approximate surface area is 129 Å². The number of hydrogen-bond donors (Lipinski definition) is 1. The van der Waals surface area contributed by atoms with Crippen molar-refractivity contribution >= 4 is 15.8 Å². The van der Waals surface area contributed by atoms with Crippen molar-refractivity contribution in [1.29, 1.82) is 0 Å². The van der Waals surface area contributed by atoms with Crippen LogP contribution in [-0.2, 0) is 16.4 Å². The molecule has 2 aromatic rings. The third-order valence-electron chi connectivity index (χ3n) is 3.17. The van der Waals surface area contributed by atoms with E-state index in [0.29, 0.717) is 12.0 Å². The van der Waals surface area contributed by atoms with Crippen LogP contribution in [0.5, 0.6) is 0 Å². The van der Waals surface area contributed by atoms with E-state index in [1.54, 1.807) is 12.1 Å². The zero-order valence-corrected chi connectivity index (χ0v) is 12.9. The monoisotopic (exact) mass is 321 g/mol. The molecule has 0 heterocycles. The van der Waals surface area contributed by atoms with Crippen LogP contribution in [0.15, 0.2) is 53.4 Å². The van der Waals surface area contributed by atoms with Crippen LogP contribution in [0.2, 0.25) is 0 Å². The van der Waals surface area contributed by atoms with Gasteiger partial charge in [0.2, 0.25) is 10.0 Å². The number of ketones is 1. The molecule has 0 aliphatic rings. The number of halogens is 1. The quantitative estimate of drug-likeness (QED) is 0.832. The number of hydrogen-bond acceptors (Lipinski definition) is 3. The van der Waals surface area contributed by atoms with Gasteiger partial charge in [-0.3, -0.25) is 4.79 Å². The summed E-state index contributed by atoms with van der Waals surface area (Å²) in [5, 5.41) is 0. The Hall–Kier alpha value is -2.05. The first-order valence-electron chi connectivity index (χ1n) is 6.73. The molecule has 1 N–H and O–H groups in total. The van der Waals surface area contributed by atoms with Crippen molar-refractivity contribution in [1.82, 2.24) is 4.72 Å². The van der Waals surface area contributed by atoms with Gasteiger partial charge in [-0.1, -0.05) is 24.3 Å². The number of sulfonamides is 1. The van der Waals surface area contributed by atoms with Crippen molar-refractivity contribution in [3.05, 3.63) is 65.5 Å². The van der Waals surface area contributed by atoms with Crippen molar-refractivity contribution in [2.24, 2.45) is 0 Å². The summed E-state index contributed by atoms with van der Waals surface area (Å²) in [4.78, 5) is 11.3. The van der Waals surface area contributed by atoms with Gasteiger partial charge in [0.05, 0.1) is 4.90 Å². The minimum Gasteiger partial charge on any atom is -0.295 e. The Kier molecular flexibility index (Phi) is 5.05. The molecule has 0 bridgehead atoms. The molecule has 0 saturated carbocycles. The number of carbonyl (C=O) groups excluding carboxylic acids is 1. The van der Waals surface area contributed by atoms with E-state index in [9.17, 15) is 17.6 Å². The molecule has 2 rings (SSSR count). The van der Waals surface area contributed by atoms with Gasteiger partial charge >= 0.3 is 0 Å². The topological polar surface area (TPSA) is 63.2 Å². The average Bonchev–Trinajstić information content (AvgIpc) is 2.47. The zero-order valence-electron chi connectivity index (χ0n) is 12.0. The highest BCUT2D eigenvalue weighted by Crippen LogP contribution is 2.11. The lowest BCUT2D eigenvalue weighted by atomic mass is 10.1. The summed E-state index contributed by atoms with van der Waals surface area (Å²) >= 11 is 0. The maximum Gasteiger partial charge on any atom is 0.240 e. The van der Waals surface area contributed by atoms with Crippen LogP contribution in [-0.4, -0.2) is 20.7 Å². The lowest BCUT2D eigenvalue weighted by molar-refractivity contribution is 0.101. The summed E-state index contributed by atoms with van der Waals surface area (Å²) in [6, 6.07) is 11.8. The smallest absolute Gasteiger partial charge is 0.240 e. The largest absolute Gasteiger partial charge is 0.295 e. The summed E-state index contributed by atoms with van der Waals surface area (Å²) < 4.78 is 39.7. The minimum atomic E-state index is -3.64. The van der Waals surface area contributed by atoms with E-state index in [0.717, 1.165) is 5.56 Å². The van der Waals surface area contributed by atoms with Gasteiger partial charge in [0, 0.05) is 12.1 Å². The zero-order chi connectivity index (χ0) is 16.2. The Balaban J connectivity index is 2.00. The van der Waals surface area contributed by atoms with Crippen molar-refractivity contribution in [3.63, 3.8) is 0 Å². The molecule has 0 aliphatic heterocycles. The lowest BCUT2D eigenvalue weighted by Crippen LogP contribution is -2.26. The molecule has 2 aromatic carbocycles. The normalized spacial score (nSPS) is 11.4. The average molecular weight is 321 g/mol. The SMILES string of the molecule is CC(=O)c1ccc(S(=O)(=O)NCCc2cccc(F)c2)cc1. The van der Waals surface area contributed by atoms with Crippen LogP contribution in [0.25, 0.3) is 0 Å². The van der Waals surface area contributed by atoms with E-state index in [4.69, 9.17) is 0 Å². The highest BCUT2D eigenvalue weighted by atomic mass is 32.2. The number of nitrogens with one attached hydrogen (secondary N) is 1. The fourth-order valence-electron chi connectivity index (χ4n) is 1.97. The van der Waals surface area contributed by atoms with E-state index in [2.05, 4.69) is 4.72 Å². The maximum absolute atomic E-state index is 13.0. The molecular weight excluding hydrogens is 305 g/mol. The van der Waals surface area contributed by atoms with E-state index < -0.39 is 10.0 Å². The van der Waals surface area contributed by atoms with Gasteiger partial charge in [0.1, 0.15) is 5.82 Å². The lowest BCUT2D eigenvalue weighted by Gasteiger charge is -2.07. The molecule has 6 heteroatoms. The van der Waals surface area contributed by atoms with E-state index >= 15 is 0 Å². The second-order valence-corrected chi connectivity index (χ2v) is 6.63. The van der Waals surface area contributed by atoms with E-state index in [1.807, 2.05) is 0 Å². The van der Waals surface area contributed by atoms with Crippen LogP contribution in [0.3, 0.4) is 0 Å². The Morgan fingerprint density at radius 3 is 2.41 bits per heavy atom. The molecule has 22 heavy (non-hydrogen) atoms. The second kappa shape index (κ2) is 6.81. The standard InChI is InChI=1S/C16H16FNO3S/c1-12(19)14-5-7-16(8-6-14)22(20,21)18-10-9-13-3-2-4-15(17)11-13/h2-8,11,18H,9-10H2,1H3. The van der Waals surface area contributed by atoms with Gasteiger partial charge in [0.15, 0.2) is 5.78 Å². The number of Topliss-reactive ketones (excluding diaryl/α,β-unsaturated/α-hetero) is 1. The van der Waals surface area contributed by atoms with Crippen LogP contribution < -0.4 is 4.72 Å². The fourth-order valence-corrected chi connectivity index (χ4v) is 3.01. The fraction of sp³-hybridized carbons (Fsp3) is 0.188. The number of carbonyl (C=O) groups is 1. The predicted octanol–water partition coefficient (Wildman–Crippen LogP) is 2.55. The first kappa shape index (κ1) is 16.3. The highest BCUT2D eigenvalue weighted by molar-refractivity contribution is 7.89. The molecule has 0 saturated heterocycles. The molecule has 0 atom stereocenters. The Morgan fingerprint density at radius 2 is 1.82 bits per heavy atom. The van der Waals surface area contributed by atoms with Crippen molar-refractivity contribution in [3.8, 4) is 0 Å². The van der Waals surface area contributed by atoms with E-state index in [-0.39, 0.29) is 23.0 Å². The van der Waals surface area contributed by atoms with Gasteiger partial charge in [-0.25, -0.2) is 17.5 Å². The van der Waals surface area contributed by atoms with Gasteiger partial charge in [-0.2, -0.15) is 0 Å². The van der Waals surface area contributed by atoms with Crippen molar-refractivity contribution < 1.29 is 17.6 Å². The Morgan fingerprint density at radius 1 is 1.14 bits per heavy atom. The Bertz CT molecular complexity index is 770. The number of rotatable bonds is 6. The van der Waals surface area contributed by atoms with Crippen molar-refractivity contribution in [2.45, 2.75) is 18.2 Å². The number of benzene rings is 2. The summed E-state index contributed by atoms with van der Waals surface area (Å²) in [5.41, 5.74) is 1.17. The van der Waals surface area contributed by atoms with Crippen LogP contribution in [0.4, 0.5) is 4.39 Å². The molecule has 0 fully saturated rings. The van der Waals surface area contributed by atoms with Gasteiger partial charge in [0.25, 0.3) is 0 Å². The summed E-state index contributed by atoms with van der Waals surface area (Å²) in [6.45, 7) is 1.58. The molecule has 0 aromatic heterocycles.